The number of carbonyl (C=O) groups is 1. The van der Waals surface area contributed by atoms with Crippen molar-refractivity contribution in [1.29, 1.82) is 0 Å². The van der Waals surface area contributed by atoms with Gasteiger partial charge in [0.2, 0.25) is 0 Å². The third kappa shape index (κ3) is 2.74. The summed E-state index contributed by atoms with van der Waals surface area (Å²) in [7, 11) is 2.23. The molecular weight excluding hydrogens is 250 g/mol. The molecule has 1 aliphatic carbocycles. The summed E-state index contributed by atoms with van der Waals surface area (Å²) in [6, 6.07) is 0. The second-order valence-corrected chi connectivity index (χ2v) is 7.54. The van der Waals surface area contributed by atoms with E-state index in [1.165, 1.54) is 12.8 Å². The highest BCUT2D eigenvalue weighted by molar-refractivity contribution is 5.69. The number of unbranched alkanes of at least 4 members (excludes halogenated alkanes) is 2. The molecule has 2 bridgehead atoms. The third-order valence-corrected chi connectivity index (χ3v) is 5.93. The Morgan fingerprint density at radius 1 is 1.30 bits per heavy atom. The molecule has 2 saturated heterocycles. The average molecular weight is 281 g/mol. The van der Waals surface area contributed by atoms with Crippen LogP contribution in [0.2, 0.25) is 0 Å². The molecule has 0 spiro atoms. The van der Waals surface area contributed by atoms with Gasteiger partial charge in [0.15, 0.2) is 0 Å². The van der Waals surface area contributed by atoms with E-state index in [-0.39, 0.29) is 23.2 Å². The highest BCUT2D eigenvalue weighted by Gasteiger charge is 2.56. The van der Waals surface area contributed by atoms with Crippen LogP contribution < -0.4 is 0 Å². The fourth-order valence-electron chi connectivity index (χ4n) is 4.26. The number of rotatable bonds is 5. The summed E-state index contributed by atoms with van der Waals surface area (Å²) in [5.74, 6) is 0.488. The number of ether oxygens (including phenoxy) is 1. The van der Waals surface area contributed by atoms with E-state index < -0.39 is 0 Å². The van der Waals surface area contributed by atoms with Crippen molar-refractivity contribution in [3.63, 3.8) is 0 Å². The van der Waals surface area contributed by atoms with E-state index in [0.29, 0.717) is 12.3 Å². The molecule has 3 rings (SSSR count). The summed E-state index contributed by atoms with van der Waals surface area (Å²) in [4.78, 5) is 14.5. The molecule has 0 aromatic carbocycles. The summed E-state index contributed by atoms with van der Waals surface area (Å²) >= 11 is 0. The number of carbonyl (C=O) groups excluding carboxylic acids is 1. The van der Waals surface area contributed by atoms with E-state index in [9.17, 15) is 4.79 Å². The van der Waals surface area contributed by atoms with Crippen LogP contribution in [0.1, 0.15) is 72.6 Å². The number of piperidine rings is 2. The predicted molar refractivity (Wildman–Crippen MR) is 81.6 cm³/mol. The van der Waals surface area contributed by atoms with Gasteiger partial charge in [-0.25, -0.2) is 0 Å². The zero-order valence-corrected chi connectivity index (χ0v) is 13.9. The number of esters is 1. The van der Waals surface area contributed by atoms with Crippen LogP contribution in [0.15, 0.2) is 0 Å². The molecule has 116 valence electrons. The molecule has 0 radical (unpaired) electrons. The van der Waals surface area contributed by atoms with Crippen LogP contribution in [0.4, 0.5) is 0 Å². The zero-order chi connectivity index (χ0) is 15.0. The van der Waals surface area contributed by atoms with E-state index >= 15 is 0 Å². The molecule has 3 aliphatic rings. The number of nitrogens with zero attached hydrogens (tertiary/aromatic N) is 1. The van der Waals surface area contributed by atoms with E-state index in [2.05, 4.69) is 39.6 Å². The van der Waals surface area contributed by atoms with E-state index in [0.717, 1.165) is 25.7 Å². The molecule has 3 nitrogen and oxygen atoms in total. The Labute approximate surface area is 124 Å². The fraction of sp³-hybridized carbons (Fsp3) is 0.941. The lowest BCUT2D eigenvalue weighted by Crippen LogP contribution is -2.70. The molecular formula is C17H31NO2. The smallest absolute Gasteiger partial charge is 0.306 e. The number of fused-ring (bicyclic) bond motifs is 3. The van der Waals surface area contributed by atoms with Crippen molar-refractivity contribution in [2.75, 3.05) is 7.05 Å². The van der Waals surface area contributed by atoms with Gasteiger partial charge in [0.1, 0.15) is 6.10 Å². The first-order valence-electron chi connectivity index (χ1n) is 8.24. The first kappa shape index (κ1) is 15.8. The Hall–Kier alpha value is -0.570. The minimum Gasteiger partial charge on any atom is -0.462 e. The quantitative estimate of drug-likeness (QED) is 0.567. The zero-order valence-electron chi connectivity index (χ0n) is 13.9. The molecule has 2 heterocycles. The fourth-order valence-corrected chi connectivity index (χ4v) is 4.26. The van der Waals surface area contributed by atoms with Crippen molar-refractivity contribution < 1.29 is 9.53 Å². The second-order valence-electron chi connectivity index (χ2n) is 7.54. The van der Waals surface area contributed by atoms with Gasteiger partial charge in [-0.3, -0.25) is 9.69 Å². The monoisotopic (exact) mass is 281 g/mol. The molecule has 3 atom stereocenters. The van der Waals surface area contributed by atoms with Crippen LogP contribution in [-0.2, 0) is 9.53 Å². The molecule has 0 amide bonds. The summed E-state index contributed by atoms with van der Waals surface area (Å²) in [5, 5.41) is 0. The van der Waals surface area contributed by atoms with Crippen LogP contribution in [-0.4, -0.2) is 35.1 Å². The minimum absolute atomic E-state index is 0.0121. The molecule has 0 aromatic rings. The average Bonchev–Trinajstić information content (AvgIpc) is 2.36. The van der Waals surface area contributed by atoms with E-state index in [1.54, 1.807) is 0 Å². The molecule has 0 N–H and O–H groups in total. The van der Waals surface area contributed by atoms with Crippen LogP contribution in [0.25, 0.3) is 0 Å². The van der Waals surface area contributed by atoms with Crippen molar-refractivity contribution in [3.05, 3.63) is 0 Å². The maximum Gasteiger partial charge on any atom is 0.306 e. The lowest BCUT2D eigenvalue weighted by molar-refractivity contribution is -0.189. The van der Waals surface area contributed by atoms with Crippen molar-refractivity contribution in [2.24, 2.45) is 5.92 Å². The Kier molecular flexibility index (Phi) is 4.48. The largest absolute Gasteiger partial charge is 0.462 e. The van der Waals surface area contributed by atoms with Crippen molar-refractivity contribution in [1.82, 2.24) is 4.90 Å². The summed E-state index contributed by atoms with van der Waals surface area (Å²) in [6.45, 7) is 9.07. The van der Waals surface area contributed by atoms with Crippen molar-refractivity contribution in [3.8, 4) is 0 Å². The van der Waals surface area contributed by atoms with Gasteiger partial charge in [-0.1, -0.05) is 19.8 Å². The second kappa shape index (κ2) is 5.67. The molecule has 2 aliphatic heterocycles. The maximum atomic E-state index is 12.0. The Balaban J connectivity index is 1.99. The Morgan fingerprint density at radius 2 is 2.00 bits per heavy atom. The molecule has 1 saturated carbocycles. The third-order valence-electron chi connectivity index (χ3n) is 5.93. The molecule has 20 heavy (non-hydrogen) atoms. The molecule has 0 unspecified atom stereocenters. The van der Waals surface area contributed by atoms with Crippen LogP contribution >= 0.6 is 0 Å². The van der Waals surface area contributed by atoms with Gasteiger partial charge in [-0.2, -0.15) is 0 Å². The molecule has 3 heteroatoms. The maximum absolute atomic E-state index is 12.0. The van der Waals surface area contributed by atoms with Gasteiger partial charge in [0.25, 0.3) is 0 Å². The topological polar surface area (TPSA) is 29.5 Å². The van der Waals surface area contributed by atoms with Gasteiger partial charge in [-0.05, 0) is 47.1 Å². The van der Waals surface area contributed by atoms with Crippen molar-refractivity contribution >= 4 is 5.97 Å². The SMILES string of the molecule is CCCCCC(=O)O[C@@H]1C[C@]2(C)CC[C@H]1C(C)(C)N2C. The Morgan fingerprint density at radius 3 is 2.60 bits per heavy atom. The van der Waals surface area contributed by atoms with E-state index in [1.807, 2.05) is 0 Å². The molecule has 0 aromatic heterocycles. The van der Waals surface area contributed by atoms with Crippen LogP contribution in [0.3, 0.4) is 0 Å². The Bertz CT molecular complexity index is 361. The predicted octanol–water partition coefficient (Wildman–Crippen LogP) is 3.76. The lowest BCUT2D eigenvalue weighted by atomic mass is 9.61. The summed E-state index contributed by atoms with van der Waals surface area (Å²) in [5.41, 5.74) is 0.312. The van der Waals surface area contributed by atoms with Gasteiger partial charge in [0, 0.05) is 29.8 Å². The summed E-state index contributed by atoms with van der Waals surface area (Å²) < 4.78 is 5.86. The highest BCUT2D eigenvalue weighted by atomic mass is 16.5. The van der Waals surface area contributed by atoms with Crippen LogP contribution in [0.5, 0.6) is 0 Å². The molecule has 3 fully saturated rings. The lowest BCUT2D eigenvalue weighted by Gasteiger charge is -2.63. The minimum atomic E-state index is 0.0121. The normalized spacial score (nSPS) is 36.0. The van der Waals surface area contributed by atoms with Gasteiger partial charge in [-0.15, -0.1) is 0 Å². The first-order valence-corrected chi connectivity index (χ1v) is 8.24. The van der Waals surface area contributed by atoms with Gasteiger partial charge < -0.3 is 4.74 Å². The number of hydrogen-bond acceptors (Lipinski definition) is 3. The highest BCUT2D eigenvalue weighted by Crippen LogP contribution is 2.51. The first-order chi connectivity index (χ1) is 9.31. The van der Waals surface area contributed by atoms with E-state index in [4.69, 9.17) is 4.74 Å². The van der Waals surface area contributed by atoms with Crippen LogP contribution in [0, 0.1) is 5.92 Å². The standard InChI is InChI=1S/C17H31NO2/c1-6-7-8-9-15(19)20-14-12-17(4)11-10-13(14)16(2,3)18(17)5/h13-14H,6-12H2,1-5H3/t13-,14-,17+/m1/s1. The van der Waals surface area contributed by atoms with Crippen molar-refractivity contribution in [2.45, 2.75) is 89.8 Å². The summed E-state index contributed by atoms with van der Waals surface area (Å²) in [6.07, 6.45) is 7.34. The number of hydrogen-bond donors (Lipinski definition) is 0. The van der Waals surface area contributed by atoms with Gasteiger partial charge >= 0.3 is 5.97 Å². The van der Waals surface area contributed by atoms with Gasteiger partial charge in [0.05, 0.1) is 0 Å².